The molecule has 1 aromatic carbocycles. The van der Waals surface area contributed by atoms with E-state index in [1.165, 1.54) is 30.5 Å². The monoisotopic (exact) mass is 321 g/mol. The summed E-state index contributed by atoms with van der Waals surface area (Å²) in [6.07, 6.45) is 1.49. The molecule has 1 aromatic rings. The number of carboxylic acid groups (broad SMARTS) is 1. The Balaban J connectivity index is 2.66. The molecule has 112 valence electrons. The maximum Gasteiger partial charge on any atom is 0.341 e. The van der Waals surface area contributed by atoms with Gasteiger partial charge >= 0.3 is 5.97 Å². The highest BCUT2D eigenvalue weighted by Crippen LogP contribution is 2.15. The molecule has 0 aliphatic rings. The standard InChI is InChI=1S/C11H15NO6S2/c1-19(15)7-6-12-20(16,17)10-4-2-9(3-5-10)18-8-11(13)14/h2-5,12H,6-8H2,1H3,(H,13,14). The zero-order valence-corrected chi connectivity index (χ0v) is 12.4. The number of carboxylic acids is 1. The van der Waals surface area contributed by atoms with Crippen LogP contribution in [0, 0.1) is 0 Å². The molecular weight excluding hydrogens is 306 g/mol. The Kier molecular flexibility index (Phi) is 6.11. The summed E-state index contributed by atoms with van der Waals surface area (Å²) in [7, 11) is -4.73. The van der Waals surface area contributed by atoms with Gasteiger partial charge in [0.05, 0.1) is 4.90 Å². The van der Waals surface area contributed by atoms with Crippen molar-refractivity contribution in [1.82, 2.24) is 4.72 Å². The van der Waals surface area contributed by atoms with Gasteiger partial charge in [0.15, 0.2) is 6.61 Å². The lowest BCUT2D eigenvalue weighted by molar-refractivity contribution is -0.139. The van der Waals surface area contributed by atoms with E-state index in [0.29, 0.717) is 0 Å². The lowest BCUT2D eigenvalue weighted by atomic mass is 10.3. The molecule has 9 heteroatoms. The van der Waals surface area contributed by atoms with E-state index in [0.717, 1.165) is 0 Å². The SMILES string of the molecule is CS(=O)CCNS(=O)(=O)c1ccc(OCC(=O)O)cc1. The Morgan fingerprint density at radius 2 is 1.95 bits per heavy atom. The van der Waals surface area contributed by atoms with Crippen LogP contribution in [0.15, 0.2) is 29.2 Å². The minimum Gasteiger partial charge on any atom is -0.482 e. The van der Waals surface area contributed by atoms with Crippen LogP contribution in [0.25, 0.3) is 0 Å². The zero-order valence-electron chi connectivity index (χ0n) is 10.7. The van der Waals surface area contributed by atoms with Crippen molar-refractivity contribution in [3.05, 3.63) is 24.3 Å². The molecule has 2 N–H and O–H groups in total. The number of sulfonamides is 1. The van der Waals surface area contributed by atoms with E-state index in [1.807, 2.05) is 0 Å². The highest BCUT2D eigenvalue weighted by atomic mass is 32.2. The predicted molar refractivity (Wildman–Crippen MR) is 73.7 cm³/mol. The summed E-state index contributed by atoms with van der Waals surface area (Å²) >= 11 is 0. The largest absolute Gasteiger partial charge is 0.482 e. The molecule has 0 spiro atoms. The van der Waals surface area contributed by atoms with Crippen molar-refractivity contribution in [2.45, 2.75) is 4.90 Å². The van der Waals surface area contributed by atoms with Crippen LogP contribution in [0.1, 0.15) is 0 Å². The van der Waals surface area contributed by atoms with Crippen molar-refractivity contribution < 1.29 is 27.3 Å². The van der Waals surface area contributed by atoms with E-state index in [4.69, 9.17) is 9.84 Å². The van der Waals surface area contributed by atoms with Gasteiger partial charge in [-0.05, 0) is 24.3 Å². The average Bonchev–Trinajstić information content (AvgIpc) is 2.36. The fourth-order valence-corrected chi connectivity index (χ4v) is 2.81. The van der Waals surface area contributed by atoms with Crippen molar-refractivity contribution in [2.75, 3.05) is 25.2 Å². The van der Waals surface area contributed by atoms with Crippen LogP contribution in [-0.4, -0.2) is 48.9 Å². The first-order valence-electron chi connectivity index (χ1n) is 5.55. The molecule has 0 bridgehead atoms. The maximum atomic E-state index is 11.8. The van der Waals surface area contributed by atoms with Crippen LogP contribution >= 0.6 is 0 Å². The fourth-order valence-electron chi connectivity index (χ4n) is 1.26. The Morgan fingerprint density at radius 3 is 2.45 bits per heavy atom. The lowest BCUT2D eigenvalue weighted by Crippen LogP contribution is -2.27. The second kappa shape index (κ2) is 7.36. The highest BCUT2D eigenvalue weighted by molar-refractivity contribution is 7.89. The summed E-state index contributed by atoms with van der Waals surface area (Å²) in [4.78, 5) is 10.3. The fraction of sp³-hybridized carbons (Fsp3) is 0.364. The number of aliphatic carboxylic acids is 1. The van der Waals surface area contributed by atoms with E-state index >= 15 is 0 Å². The summed E-state index contributed by atoms with van der Waals surface area (Å²) in [5.74, 6) is -0.615. The quantitative estimate of drug-likeness (QED) is 0.686. The maximum absolute atomic E-state index is 11.8. The molecule has 1 rings (SSSR count). The van der Waals surface area contributed by atoms with Crippen molar-refractivity contribution in [3.8, 4) is 5.75 Å². The molecule has 0 heterocycles. The van der Waals surface area contributed by atoms with Gasteiger partial charge in [-0.25, -0.2) is 17.9 Å². The first kappa shape index (κ1) is 16.6. The van der Waals surface area contributed by atoms with Gasteiger partial charge in [-0.2, -0.15) is 0 Å². The van der Waals surface area contributed by atoms with Crippen LogP contribution in [0.4, 0.5) is 0 Å². The van der Waals surface area contributed by atoms with Gasteiger partial charge in [-0.1, -0.05) is 0 Å². The number of hydrogen-bond donors (Lipinski definition) is 2. The van der Waals surface area contributed by atoms with Gasteiger partial charge in [0, 0.05) is 29.4 Å². The van der Waals surface area contributed by atoms with Gasteiger partial charge < -0.3 is 9.84 Å². The van der Waals surface area contributed by atoms with Crippen LogP contribution in [0.2, 0.25) is 0 Å². The molecule has 0 fully saturated rings. The van der Waals surface area contributed by atoms with Crippen molar-refractivity contribution >= 4 is 26.8 Å². The lowest BCUT2D eigenvalue weighted by Gasteiger charge is -2.07. The van der Waals surface area contributed by atoms with Crippen molar-refractivity contribution in [1.29, 1.82) is 0 Å². The highest BCUT2D eigenvalue weighted by Gasteiger charge is 2.13. The second-order valence-electron chi connectivity index (χ2n) is 3.83. The average molecular weight is 321 g/mol. The second-order valence-corrected chi connectivity index (χ2v) is 7.15. The van der Waals surface area contributed by atoms with Gasteiger partial charge in [0.25, 0.3) is 0 Å². The minimum atomic E-state index is -3.66. The number of rotatable bonds is 8. The minimum absolute atomic E-state index is 0.0297. The third-order valence-corrected chi connectivity index (χ3v) is 4.43. The zero-order chi connectivity index (χ0) is 15.2. The number of ether oxygens (including phenoxy) is 1. The Bertz CT molecular complexity index is 581. The van der Waals surface area contributed by atoms with E-state index < -0.39 is 33.4 Å². The molecule has 0 amide bonds. The molecular formula is C11H15NO6S2. The number of hydrogen-bond acceptors (Lipinski definition) is 5. The first-order valence-corrected chi connectivity index (χ1v) is 8.76. The summed E-state index contributed by atoms with van der Waals surface area (Å²) < 4.78 is 41.8. The topological polar surface area (TPSA) is 110 Å². The molecule has 0 saturated carbocycles. The summed E-state index contributed by atoms with van der Waals surface area (Å²) in [6.45, 7) is -0.407. The molecule has 7 nitrogen and oxygen atoms in total. The Labute approximate surface area is 119 Å². The van der Waals surface area contributed by atoms with E-state index in [1.54, 1.807) is 0 Å². The molecule has 20 heavy (non-hydrogen) atoms. The van der Waals surface area contributed by atoms with E-state index in [9.17, 15) is 17.4 Å². The van der Waals surface area contributed by atoms with Gasteiger partial charge in [-0.15, -0.1) is 0 Å². The molecule has 0 radical (unpaired) electrons. The normalized spacial score (nSPS) is 12.8. The smallest absolute Gasteiger partial charge is 0.341 e. The predicted octanol–water partition coefficient (Wildman–Crippen LogP) is -0.193. The van der Waals surface area contributed by atoms with Gasteiger partial charge in [0.2, 0.25) is 10.0 Å². The van der Waals surface area contributed by atoms with Crippen molar-refractivity contribution in [3.63, 3.8) is 0 Å². The van der Waals surface area contributed by atoms with Crippen LogP contribution < -0.4 is 9.46 Å². The molecule has 1 unspecified atom stereocenters. The summed E-state index contributed by atoms with van der Waals surface area (Å²) in [5, 5.41) is 8.44. The van der Waals surface area contributed by atoms with E-state index in [-0.39, 0.29) is 22.9 Å². The molecule has 1 atom stereocenters. The van der Waals surface area contributed by atoms with Crippen LogP contribution in [-0.2, 0) is 25.6 Å². The number of carbonyl (C=O) groups is 1. The molecule has 0 aliphatic carbocycles. The van der Waals surface area contributed by atoms with E-state index in [2.05, 4.69) is 4.72 Å². The Hall–Kier alpha value is -1.45. The summed E-state index contributed by atoms with van der Waals surface area (Å²) in [6, 6.07) is 5.36. The van der Waals surface area contributed by atoms with Crippen LogP contribution in [0.3, 0.4) is 0 Å². The van der Waals surface area contributed by atoms with Gasteiger partial charge in [0.1, 0.15) is 5.75 Å². The third kappa shape index (κ3) is 5.68. The number of benzene rings is 1. The first-order chi connectivity index (χ1) is 9.31. The molecule has 0 saturated heterocycles. The van der Waals surface area contributed by atoms with Crippen molar-refractivity contribution in [2.24, 2.45) is 0 Å². The third-order valence-electron chi connectivity index (χ3n) is 2.18. The summed E-state index contributed by atoms with van der Waals surface area (Å²) in [5.41, 5.74) is 0. The number of nitrogens with one attached hydrogen (secondary N) is 1. The molecule has 0 aromatic heterocycles. The Morgan fingerprint density at radius 1 is 1.35 bits per heavy atom. The molecule has 0 aliphatic heterocycles. The van der Waals surface area contributed by atoms with Gasteiger partial charge in [-0.3, -0.25) is 4.21 Å². The van der Waals surface area contributed by atoms with Crippen LogP contribution in [0.5, 0.6) is 5.75 Å².